The van der Waals surface area contributed by atoms with Crippen LogP contribution in [0, 0.1) is 0 Å². The first-order chi connectivity index (χ1) is 12.9. The number of esters is 1. The van der Waals surface area contributed by atoms with Gasteiger partial charge in [-0.1, -0.05) is 30.3 Å². The molecule has 0 fully saturated rings. The molecule has 1 aliphatic heterocycles. The molecule has 4 rings (SSSR count). The highest BCUT2D eigenvalue weighted by Crippen LogP contribution is 2.34. The Kier molecular flexibility index (Phi) is 4.39. The molecule has 0 saturated heterocycles. The number of thiophene rings is 1. The Balaban J connectivity index is 1.80. The number of nitrogens with zero attached hydrogens (tertiary/aromatic N) is 4. The molecule has 138 valence electrons. The maximum absolute atomic E-state index is 12.5. The van der Waals surface area contributed by atoms with E-state index in [0.29, 0.717) is 5.82 Å². The number of carbonyl (C=O) groups is 1. The Bertz CT molecular complexity index is 998. The van der Waals surface area contributed by atoms with Crippen LogP contribution in [0.25, 0.3) is 5.00 Å². The van der Waals surface area contributed by atoms with E-state index in [1.807, 2.05) is 67.1 Å². The fourth-order valence-electron chi connectivity index (χ4n) is 3.08. The van der Waals surface area contributed by atoms with Gasteiger partial charge in [0, 0.05) is 11.1 Å². The monoisotopic (exact) mass is 380 g/mol. The lowest BCUT2D eigenvalue weighted by molar-refractivity contribution is -0.155. The van der Waals surface area contributed by atoms with Crippen LogP contribution in [0.2, 0.25) is 0 Å². The second-order valence-electron chi connectivity index (χ2n) is 7.35. The normalized spacial score (nSPS) is 16.1. The van der Waals surface area contributed by atoms with Gasteiger partial charge in [0.15, 0.2) is 5.82 Å². The minimum Gasteiger partial charge on any atom is -0.460 e. The molecular formula is C20H20N4O2S. The lowest BCUT2D eigenvalue weighted by Crippen LogP contribution is -2.25. The molecule has 0 spiro atoms. The molecule has 2 aromatic heterocycles. The van der Waals surface area contributed by atoms with E-state index >= 15 is 0 Å². The second kappa shape index (κ2) is 6.74. The van der Waals surface area contributed by atoms with Crippen molar-refractivity contribution in [3.8, 4) is 5.00 Å². The zero-order chi connectivity index (χ0) is 19.0. The number of hydrogen-bond donors (Lipinski definition) is 0. The van der Waals surface area contributed by atoms with Gasteiger partial charge < -0.3 is 4.74 Å². The molecule has 7 heteroatoms. The number of fused-ring (bicyclic) bond motifs is 3. The Morgan fingerprint density at radius 2 is 2.00 bits per heavy atom. The molecule has 0 unspecified atom stereocenters. The van der Waals surface area contributed by atoms with Crippen LogP contribution in [0.1, 0.15) is 50.2 Å². The van der Waals surface area contributed by atoms with Gasteiger partial charge in [0.1, 0.15) is 23.0 Å². The standard InChI is InChI=1S/C20H20N4O2S/c1-20(2,3)26-16(25)11-15-18-23-21-12-24(18)19-14(9-10-27-19)17(22-15)13-7-5-4-6-8-13/h4-10,12,15H,11H2,1-3H3/t15-/m0/s1. The van der Waals surface area contributed by atoms with Crippen molar-refractivity contribution in [3.05, 3.63) is 65.1 Å². The van der Waals surface area contributed by atoms with E-state index in [1.165, 1.54) is 0 Å². The predicted molar refractivity (Wildman–Crippen MR) is 105 cm³/mol. The third kappa shape index (κ3) is 3.55. The molecule has 0 saturated carbocycles. The summed E-state index contributed by atoms with van der Waals surface area (Å²) < 4.78 is 7.43. The first-order valence-corrected chi connectivity index (χ1v) is 9.63. The number of aliphatic imine (C=N–C) groups is 1. The van der Waals surface area contributed by atoms with Gasteiger partial charge in [-0.25, -0.2) is 0 Å². The predicted octanol–water partition coefficient (Wildman–Crippen LogP) is 3.95. The Labute approximate surface area is 161 Å². The SMILES string of the molecule is CC(C)(C)OC(=O)C[C@@H]1N=C(c2ccccc2)c2ccsc2-n2cnnc21. The summed E-state index contributed by atoms with van der Waals surface area (Å²) in [6.07, 6.45) is 1.79. The van der Waals surface area contributed by atoms with Gasteiger partial charge in [-0.3, -0.25) is 14.4 Å². The van der Waals surface area contributed by atoms with Crippen LogP contribution < -0.4 is 0 Å². The largest absolute Gasteiger partial charge is 0.460 e. The smallest absolute Gasteiger partial charge is 0.308 e. The van der Waals surface area contributed by atoms with Crippen LogP contribution in [0.3, 0.4) is 0 Å². The van der Waals surface area contributed by atoms with Gasteiger partial charge in [-0.05, 0) is 32.2 Å². The first-order valence-electron chi connectivity index (χ1n) is 8.75. The minimum absolute atomic E-state index is 0.112. The van der Waals surface area contributed by atoms with Crippen LogP contribution in [-0.4, -0.2) is 32.0 Å². The molecule has 0 radical (unpaired) electrons. The van der Waals surface area contributed by atoms with Crippen LogP contribution in [-0.2, 0) is 9.53 Å². The molecule has 0 aliphatic carbocycles. The fourth-order valence-corrected chi connectivity index (χ4v) is 3.96. The maximum Gasteiger partial charge on any atom is 0.308 e. The summed E-state index contributed by atoms with van der Waals surface area (Å²) in [4.78, 5) is 17.4. The molecule has 1 atom stereocenters. The number of hydrogen-bond acceptors (Lipinski definition) is 6. The minimum atomic E-state index is -0.542. The maximum atomic E-state index is 12.5. The highest BCUT2D eigenvalue weighted by molar-refractivity contribution is 7.13. The summed E-state index contributed by atoms with van der Waals surface area (Å²) in [6, 6.07) is 11.6. The second-order valence-corrected chi connectivity index (χ2v) is 8.24. The molecule has 3 aromatic rings. The van der Waals surface area contributed by atoms with Crippen LogP contribution >= 0.6 is 11.3 Å². The zero-order valence-electron chi connectivity index (χ0n) is 15.4. The molecule has 1 aromatic carbocycles. The average Bonchev–Trinajstić information content (AvgIpc) is 3.24. The Morgan fingerprint density at radius 3 is 2.74 bits per heavy atom. The van der Waals surface area contributed by atoms with Crippen molar-refractivity contribution in [1.82, 2.24) is 14.8 Å². The van der Waals surface area contributed by atoms with Crippen molar-refractivity contribution >= 4 is 23.0 Å². The molecule has 3 heterocycles. The van der Waals surface area contributed by atoms with E-state index in [9.17, 15) is 4.79 Å². The van der Waals surface area contributed by atoms with Crippen molar-refractivity contribution in [3.63, 3.8) is 0 Å². The summed E-state index contributed by atoms with van der Waals surface area (Å²) in [5.41, 5.74) is 2.33. The summed E-state index contributed by atoms with van der Waals surface area (Å²) >= 11 is 1.60. The van der Waals surface area contributed by atoms with Gasteiger partial charge in [0.05, 0.1) is 12.1 Å². The van der Waals surface area contributed by atoms with Crippen molar-refractivity contribution in [2.45, 2.75) is 38.8 Å². The Hall–Kier alpha value is -2.80. The molecular weight excluding hydrogens is 360 g/mol. The number of rotatable bonds is 3. The van der Waals surface area contributed by atoms with Crippen molar-refractivity contribution in [2.75, 3.05) is 0 Å². The van der Waals surface area contributed by atoms with Crippen LogP contribution in [0.4, 0.5) is 0 Å². The van der Waals surface area contributed by atoms with Crippen LogP contribution in [0.5, 0.6) is 0 Å². The molecule has 0 amide bonds. The summed E-state index contributed by atoms with van der Waals surface area (Å²) in [5, 5.41) is 11.3. The fraction of sp³-hybridized carbons (Fsp3) is 0.300. The zero-order valence-corrected chi connectivity index (χ0v) is 16.2. The van der Waals surface area contributed by atoms with E-state index in [-0.39, 0.29) is 12.4 Å². The van der Waals surface area contributed by atoms with Crippen LogP contribution in [0.15, 0.2) is 53.1 Å². The third-order valence-electron chi connectivity index (χ3n) is 4.10. The van der Waals surface area contributed by atoms with Gasteiger partial charge in [-0.2, -0.15) is 0 Å². The van der Waals surface area contributed by atoms with Gasteiger partial charge in [-0.15, -0.1) is 21.5 Å². The topological polar surface area (TPSA) is 69.4 Å². The summed E-state index contributed by atoms with van der Waals surface area (Å²) in [7, 11) is 0. The van der Waals surface area contributed by atoms with Crippen molar-refractivity contribution < 1.29 is 9.53 Å². The number of aromatic nitrogens is 3. The van der Waals surface area contributed by atoms with E-state index in [0.717, 1.165) is 21.8 Å². The highest BCUT2D eigenvalue weighted by Gasteiger charge is 2.30. The Morgan fingerprint density at radius 1 is 1.22 bits per heavy atom. The first kappa shape index (κ1) is 17.6. The van der Waals surface area contributed by atoms with E-state index in [4.69, 9.17) is 9.73 Å². The molecule has 6 nitrogen and oxygen atoms in total. The highest BCUT2D eigenvalue weighted by atomic mass is 32.1. The van der Waals surface area contributed by atoms with E-state index in [1.54, 1.807) is 17.7 Å². The number of carbonyl (C=O) groups excluding carboxylic acids is 1. The number of ether oxygens (including phenoxy) is 1. The van der Waals surface area contributed by atoms with Crippen molar-refractivity contribution in [1.29, 1.82) is 0 Å². The van der Waals surface area contributed by atoms with Crippen molar-refractivity contribution in [2.24, 2.45) is 4.99 Å². The van der Waals surface area contributed by atoms with Gasteiger partial charge >= 0.3 is 5.97 Å². The van der Waals surface area contributed by atoms with E-state index < -0.39 is 11.6 Å². The van der Waals surface area contributed by atoms with E-state index in [2.05, 4.69) is 10.2 Å². The van der Waals surface area contributed by atoms with Gasteiger partial charge in [0.25, 0.3) is 0 Å². The molecule has 27 heavy (non-hydrogen) atoms. The van der Waals surface area contributed by atoms with Gasteiger partial charge in [0.2, 0.25) is 0 Å². The molecule has 0 N–H and O–H groups in total. The molecule has 1 aliphatic rings. The lowest BCUT2D eigenvalue weighted by atomic mass is 10.0. The summed E-state index contributed by atoms with van der Waals surface area (Å²) in [6.45, 7) is 5.57. The number of benzene rings is 1. The average molecular weight is 380 g/mol. The third-order valence-corrected chi connectivity index (χ3v) is 5.02. The lowest BCUT2D eigenvalue weighted by Gasteiger charge is -2.20. The summed E-state index contributed by atoms with van der Waals surface area (Å²) in [5.74, 6) is 0.346. The molecule has 0 bridgehead atoms. The quantitative estimate of drug-likeness (QED) is 0.645.